The number of benzene rings is 1. The smallest absolute Gasteiger partial charge is 0.191 e. The lowest BCUT2D eigenvalue weighted by Gasteiger charge is -2.37. The molecule has 0 amide bonds. The second-order valence-electron chi connectivity index (χ2n) is 7.04. The minimum absolute atomic E-state index is 0.470. The summed E-state index contributed by atoms with van der Waals surface area (Å²) in [6, 6.07) is 11.7. The van der Waals surface area contributed by atoms with Crippen LogP contribution in [0.2, 0.25) is 0 Å². The number of aliphatic imine (C=N–C) groups is 1. The molecule has 0 spiro atoms. The monoisotopic (exact) mass is 385 g/mol. The Morgan fingerprint density at radius 3 is 2.67 bits per heavy atom. The average Bonchev–Trinajstić information content (AvgIpc) is 3.20. The van der Waals surface area contributed by atoms with Gasteiger partial charge in [0.05, 0.1) is 6.54 Å². The highest BCUT2D eigenvalue weighted by atomic mass is 32.1. The number of guanidine groups is 1. The first-order valence-electron chi connectivity index (χ1n) is 9.89. The van der Waals surface area contributed by atoms with Gasteiger partial charge in [-0.15, -0.1) is 11.3 Å². The van der Waals surface area contributed by atoms with Gasteiger partial charge >= 0.3 is 0 Å². The minimum Gasteiger partial charge on any atom is -0.354 e. The number of hydrogen-bond acceptors (Lipinski definition) is 4. The highest BCUT2D eigenvalue weighted by Crippen LogP contribution is 2.24. The first-order chi connectivity index (χ1) is 13.2. The van der Waals surface area contributed by atoms with E-state index in [0.29, 0.717) is 12.1 Å². The number of hydrogen-bond donors (Lipinski definition) is 2. The van der Waals surface area contributed by atoms with Crippen LogP contribution in [0.5, 0.6) is 0 Å². The molecule has 2 N–H and O–H groups in total. The van der Waals surface area contributed by atoms with Crippen molar-refractivity contribution in [3.05, 3.63) is 52.0 Å². The van der Waals surface area contributed by atoms with Crippen molar-refractivity contribution in [2.75, 3.05) is 20.1 Å². The summed E-state index contributed by atoms with van der Waals surface area (Å²) in [7, 11) is 1.83. The fourth-order valence-corrected chi connectivity index (χ4v) is 4.32. The molecule has 1 unspecified atom stereocenters. The molecule has 146 valence electrons. The second kappa shape index (κ2) is 9.85. The minimum atomic E-state index is 0.470. The van der Waals surface area contributed by atoms with Gasteiger partial charge in [0, 0.05) is 43.3 Å². The third kappa shape index (κ3) is 5.53. The zero-order valence-corrected chi connectivity index (χ0v) is 17.4. The maximum Gasteiger partial charge on any atom is 0.191 e. The Morgan fingerprint density at radius 2 is 2.04 bits per heavy atom. The summed E-state index contributed by atoms with van der Waals surface area (Å²) in [5, 5.41) is 8.10. The van der Waals surface area contributed by atoms with E-state index in [-0.39, 0.29) is 0 Å². The van der Waals surface area contributed by atoms with Crippen LogP contribution in [-0.2, 0) is 13.0 Å². The Labute approximate surface area is 166 Å². The van der Waals surface area contributed by atoms with E-state index in [1.165, 1.54) is 10.4 Å². The molecule has 0 saturated carbocycles. The van der Waals surface area contributed by atoms with Crippen molar-refractivity contribution in [1.82, 2.24) is 20.5 Å². The van der Waals surface area contributed by atoms with Crippen LogP contribution in [0.3, 0.4) is 0 Å². The highest BCUT2D eigenvalue weighted by molar-refractivity contribution is 7.11. The van der Waals surface area contributed by atoms with Crippen LogP contribution < -0.4 is 10.6 Å². The SMILES string of the molecule is CCc1cnc(CNC(=NC)NC2CCN(C(C)c3ccccc3)CC2)s1. The largest absolute Gasteiger partial charge is 0.354 e. The normalized spacial score (nSPS) is 17.7. The van der Waals surface area contributed by atoms with E-state index in [2.05, 4.69) is 69.7 Å². The van der Waals surface area contributed by atoms with Gasteiger partial charge in [-0.2, -0.15) is 0 Å². The number of rotatable bonds is 6. The maximum absolute atomic E-state index is 4.46. The maximum atomic E-state index is 4.46. The van der Waals surface area contributed by atoms with E-state index < -0.39 is 0 Å². The molecule has 1 saturated heterocycles. The molecule has 2 heterocycles. The van der Waals surface area contributed by atoms with Gasteiger partial charge in [0.2, 0.25) is 0 Å². The number of nitrogens with one attached hydrogen (secondary N) is 2. The van der Waals surface area contributed by atoms with Crippen molar-refractivity contribution < 1.29 is 0 Å². The van der Waals surface area contributed by atoms with Crippen molar-refractivity contribution in [2.24, 2.45) is 4.99 Å². The van der Waals surface area contributed by atoms with Crippen molar-refractivity contribution in [3.8, 4) is 0 Å². The number of aromatic nitrogens is 1. The summed E-state index contributed by atoms with van der Waals surface area (Å²) in [4.78, 5) is 12.8. The molecule has 1 aromatic heterocycles. The number of thiazole rings is 1. The van der Waals surface area contributed by atoms with Gasteiger partial charge in [0.15, 0.2) is 5.96 Å². The molecule has 0 aliphatic carbocycles. The molecule has 1 aliphatic heterocycles. The molecule has 0 radical (unpaired) electrons. The fraction of sp³-hybridized carbons (Fsp3) is 0.524. The van der Waals surface area contributed by atoms with Crippen LogP contribution in [0.15, 0.2) is 41.5 Å². The Kier molecular flexibility index (Phi) is 7.24. The first-order valence-corrected chi connectivity index (χ1v) is 10.7. The predicted molar refractivity (Wildman–Crippen MR) is 114 cm³/mol. The van der Waals surface area contributed by atoms with Gasteiger partial charge in [0.25, 0.3) is 0 Å². The van der Waals surface area contributed by atoms with Crippen LogP contribution in [0.4, 0.5) is 0 Å². The van der Waals surface area contributed by atoms with Gasteiger partial charge in [-0.3, -0.25) is 9.89 Å². The van der Waals surface area contributed by atoms with Crippen molar-refractivity contribution >= 4 is 17.3 Å². The molecular weight excluding hydrogens is 354 g/mol. The third-order valence-electron chi connectivity index (χ3n) is 5.28. The number of nitrogens with zero attached hydrogens (tertiary/aromatic N) is 3. The van der Waals surface area contributed by atoms with Gasteiger partial charge < -0.3 is 10.6 Å². The molecule has 2 aromatic rings. The Hall–Kier alpha value is -1.92. The topological polar surface area (TPSA) is 52.6 Å². The van der Waals surface area contributed by atoms with Crippen LogP contribution in [0, 0.1) is 0 Å². The lowest BCUT2D eigenvalue weighted by atomic mass is 10.0. The summed E-state index contributed by atoms with van der Waals surface area (Å²) in [5.74, 6) is 0.873. The van der Waals surface area contributed by atoms with Gasteiger partial charge in [-0.25, -0.2) is 4.98 Å². The standard InChI is InChI=1S/C21H31N5S/c1-4-19-14-23-20(27-19)15-24-21(22-3)25-18-10-12-26(13-11-18)16(2)17-8-6-5-7-9-17/h5-9,14,16,18H,4,10-13,15H2,1-3H3,(H2,22,24,25). The molecule has 3 rings (SSSR count). The van der Waals surface area contributed by atoms with Gasteiger partial charge in [-0.05, 0) is 31.7 Å². The van der Waals surface area contributed by atoms with Crippen LogP contribution in [-0.4, -0.2) is 42.0 Å². The lowest BCUT2D eigenvalue weighted by Crippen LogP contribution is -2.48. The molecule has 1 aromatic carbocycles. The summed E-state index contributed by atoms with van der Waals surface area (Å²) < 4.78 is 0. The van der Waals surface area contributed by atoms with E-state index in [1.54, 1.807) is 11.3 Å². The summed E-state index contributed by atoms with van der Waals surface area (Å²) in [6.07, 6.45) is 5.29. The van der Waals surface area contributed by atoms with E-state index in [1.807, 2.05) is 13.2 Å². The van der Waals surface area contributed by atoms with Crippen LogP contribution in [0.1, 0.15) is 48.2 Å². The van der Waals surface area contributed by atoms with Crippen molar-refractivity contribution in [3.63, 3.8) is 0 Å². The van der Waals surface area contributed by atoms with E-state index in [4.69, 9.17) is 0 Å². The quantitative estimate of drug-likeness (QED) is 0.589. The van der Waals surface area contributed by atoms with Gasteiger partial charge in [0.1, 0.15) is 5.01 Å². The van der Waals surface area contributed by atoms with Crippen LogP contribution in [0.25, 0.3) is 0 Å². The summed E-state index contributed by atoms with van der Waals surface area (Å²) in [6.45, 7) is 7.42. The fourth-order valence-electron chi connectivity index (χ4n) is 3.51. The molecule has 6 heteroatoms. The lowest BCUT2D eigenvalue weighted by molar-refractivity contribution is 0.158. The first kappa shape index (κ1) is 19.8. The molecule has 5 nitrogen and oxygen atoms in total. The van der Waals surface area contributed by atoms with Crippen molar-refractivity contribution in [2.45, 2.75) is 51.7 Å². The molecule has 1 atom stereocenters. The molecule has 1 fully saturated rings. The zero-order chi connectivity index (χ0) is 19.1. The Morgan fingerprint density at radius 1 is 1.30 bits per heavy atom. The number of piperidine rings is 1. The van der Waals surface area contributed by atoms with E-state index in [0.717, 1.165) is 49.9 Å². The molecule has 0 bridgehead atoms. The Balaban J connectivity index is 1.44. The molecule has 27 heavy (non-hydrogen) atoms. The van der Waals surface area contributed by atoms with Crippen LogP contribution >= 0.6 is 11.3 Å². The predicted octanol–water partition coefficient (Wildman–Crippen LogP) is 3.60. The van der Waals surface area contributed by atoms with E-state index >= 15 is 0 Å². The van der Waals surface area contributed by atoms with Crippen molar-refractivity contribution in [1.29, 1.82) is 0 Å². The number of aryl methyl sites for hydroxylation is 1. The molecular formula is C21H31N5S. The Bertz CT molecular complexity index is 719. The van der Waals surface area contributed by atoms with E-state index in [9.17, 15) is 0 Å². The third-order valence-corrected chi connectivity index (χ3v) is 6.42. The second-order valence-corrected chi connectivity index (χ2v) is 8.24. The number of likely N-dealkylation sites (tertiary alicyclic amines) is 1. The molecule has 1 aliphatic rings. The van der Waals surface area contributed by atoms with Gasteiger partial charge in [-0.1, -0.05) is 37.3 Å². The average molecular weight is 386 g/mol. The highest BCUT2D eigenvalue weighted by Gasteiger charge is 2.24. The zero-order valence-electron chi connectivity index (χ0n) is 16.6. The summed E-state index contributed by atoms with van der Waals surface area (Å²) in [5.41, 5.74) is 1.40. The summed E-state index contributed by atoms with van der Waals surface area (Å²) >= 11 is 1.77.